The summed E-state index contributed by atoms with van der Waals surface area (Å²) in [6.45, 7) is 7.93. The van der Waals surface area contributed by atoms with Crippen molar-refractivity contribution in [2.24, 2.45) is 11.1 Å². The van der Waals surface area contributed by atoms with Gasteiger partial charge in [0, 0.05) is 12.0 Å². The normalized spacial score (nSPS) is 22.2. The summed E-state index contributed by atoms with van der Waals surface area (Å²) in [4.78, 5) is 0. The summed E-state index contributed by atoms with van der Waals surface area (Å²) in [6, 6.07) is 0. The van der Waals surface area contributed by atoms with Crippen LogP contribution in [-0.4, -0.2) is 18.8 Å². The maximum Gasteiger partial charge on any atom is 0.0598 e. The molecule has 0 aromatic heterocycles. The molecular formula is C11H23NO. The summed E-state index contributed by atoms with van der Waals surface area (Å²) < 4.78 is 5.83. The van der Waals surface area contributed by atoms with Crippen molar-refractivity contribution in [2.75, 3.05) is 13.2 Å². The van der Waals surface area contributed by atoms with Crippen molar-refractivity contribution in [3.63, 3.8) is 0 Å². The van der Waals surface area contributed by atoms with E-state index in [0.29, 0.717) is 5.41 Å². The minimum absolute atomic E-state index is 0.0231. The van der Waals surface area contributed by atoms with Gasteiger partial charge in [0.1, 0.15) is 0 Å². The summed E-state index contributed by atoms with van der Waals surface area (Å²) in [6.07, 6.45) is 5.15. The molecule has 0 spiro atoms. The molecule has 0 heterocycles. The summed E-state index contributed by atoms with van der Waals surface area (Å²) in [5, 5.41) is 0. The highest BCUT2D eigenvalue weighted by atomic mass is 16.5. The Morgan fingerprint density at radius 2 is 1.77 bits per heavy atom. The second kappa shape index (κ2) is 3.97. The molecule has 2 N–H and O–H groups in total. The number of hydrogen-bond donors (Lipinski definition) is 1. The van der Waals surface area contributed by atoms with E-state index < -0.39 is 0 Å². The van der Waals surface area contributed by atoms with Crippen molar-refractivity contribution in [1.82, 2.24) is 0 Å². The van der Waals surface area contributed by atoms with E-state index in [0.717, 1.165) is 13.2 Å². The lowest BCUT2D eigenvalue weighted by molar-refractivity contribution is -0.0483. The predicted octanol–water partition coefficient (Wildman–Crippen LogP) is 2.32. The van der Waals surface area contributed by atoms with Crippen LogP contribution in [-0.2, 0) is 4.74 Å². The van der Waals surface area contributed by atoms with E-state index in [1.54, 1.807) is 0 Å². The molecule has 1 aliphatic rings. The number of ether oxygens (including phenoxy) is 1. The van der Waals surface area contributed by atoms with Crippen molar-refractivity contribution in [1.29, 1.82) is 0 Å². The van der Waals surface area contributed by atoms with Gasteiger partial charge in [-0.2, -0.15) is 0 Å². The third kappa shape index (κ3) is 3.28. The van der Waals surface area contributed by atoms with Crippen LogP contribution in [0.2, 0.25) is 0 Å². The van der Waals surface area contributed by atoms with Crippen molar-refractivity contribution in [3.8, 4) is 0 Å². The van der Waals surface area contributed by atoms with E-state index in [-0.39, 0.29) is 5.60 Å². The van der Waals surface area contributed by atoms with Gasteiger partial charge in [-0.05, 0) is 33.6 Å². The molecule has 2 heteroatoms. The van der Waals surface area contributed by atoms with Crippen LogP contribution in [0.1, 0.15) is 46.5 Å². The summed E-state index contributed by atoms with van der Waals surface area (Å²) in [7, 11) is 0. The van der Waals surface area contributed by atoms with Gasteiger partial charge in [0.2, 0.25) is 0 Å². The van der Waals surface area contributed by atoms with Crippen LogP contribution in [0.3, 0.4) is 0 Å². The summed E-state index contributed by atoms with van der Waals surface area (Å²) in [5.41, 5.74) is 6.09. The first-order valence-electron chi connectivity index (χ1n) is 5.32. The average molecular weight is 185 g/mol. The van der Waals surface area contributed by atoms with Crippen molar-refractivity contribution in [3.05, 3.63) is 0 Å². The number of hydrogen-bond acceptors (Lipinski definition) is 2. The minimum atomic E-state index is -0.0231. The standard InChI is InChI=1S/C11H23NO/c1-10(2,3)13-9-11(8-12)6-4-5-7-11/h4-9,12H2,1-3H3. The van der Waals surface area contributed by atoms with Gasteiger partial charge >= 0.3 is 0 Å². The van der Waals surface area contributed by atoms with E-state index in [9.17, 15) is 0 Å². The Kier molecular flexibility index (Phi) is 3.36. The van der Waals surface area contributed by atoms with E-state index >= 15 is 0 Å². The van der Waals surface area contributed by atoms with Crippen LogP contribution in [0.25, 0.3) is 0 Å². The first-order chi connectivity index (χ1) is 5.97. The zero-order valence-electron chi connectivity index (χ0n) is 9.23. The van der Waals surface area contributed by atoms with Crippen LogP contribution in [0.15, 0.2) is 0 Å². The Morgan fingerprint density at radius 3 is 2.15 bits per heavy atom. The summed E-state index contributed by atoms with van der Waals surface area (Å²) in [5.74, 6) is 0. The molecule has 0 bridgehead atoms. The highest BCUT2D eigenvalue weighted by Crippen LogP contribution is 2.38. The molecule has 0 aliphatic heterocycles. The van der Waals surface area contributed by atoms with Crippen molar-refractivity contribution >= 4 is 0 Å². The predicted molar refractivity (Wildman–Crippen MR) is 55.7 cm³/mol. The highest BCUT2D eigenvalue weighted by molar-refractivity contribution is 4.86. The van der Waals surface area contributed by atoms with Gasteiger partial charge in [-0.3, -0.25) is 0 Å². The number of rotatable bonds is 3. The lowest BCUT2D eigenvalue weighted by atomic mass is 9.87. The van der Waals surface area contributed by atoms with Crippen LogP contribution >= 0.6 is 0 Å². The van der Waals surface area contributed by atoms with Crippen LogP contribution in [0.5, 0.6) is 0 Å². The molecule has 0 saturated heterocycles. The molecule has 1 rings (SSSR count). The Hall–Kier alpha value is -0.0800. The largest absolute Gasteiger partial charge is 0.375 e. The van der Waals surface area contributed by atoms with Gasteiger partial charge in [-0.15, -0.1) is 0 Å². The zero-order valence-corrected chi connectivity index (χ0v) is 9.23. The highest BCUT2D eigenvalue weighted by Gasteiger charge is 2.33. The van der Waals surface area contributed by atoms with Gasteiger partial charge in [-0.1, -0.05) is 12.8 Å². The molecule has 1 saturated carbocycles. The Bertz CT molecular complexity index is 154. The van der Waals surface area contributed by atoms with Gasteiger partial charge < -0.3 is 10.5 Å². The third-order valence-corrected chi connectivity index (χ3v) is 2.91. The maximum absolute atomic E-state index is 5.83. The first kappa shape index (κ1) is 11.0. The Balaban J connectivity index is 2.40. The van der Waals surface area contributed by atoms with E-state index in [1.807, 2.05) is 0 Å². The Labute approximate surface area is 81.8 Å². The molecule has 0 amide bonds. The average Bonchev–Trinajstić information content (AvgIpc) is 2.49. The second-order valence-electron chi connectivity index (χ2n) is 5.31. The SMILES string of the molecule is CC(C)(C)OCC1(CN)CCCC1. The lowest BCUT2D eigenvalue weighted by Crippen LogP contribution is -2.36. The van der Waals surface area contributed by atoms with E-state index in [1.165, 1.54) is 25.7 Å². The van der Waals surface area contributed by atoms with Gasteiger partial charge in [-0.25, -0.2) is 0 Å². The van der Waals surface area contributed by atoms with Crippen LogP contribution < -0.4 is 5.73 Å². The first-order valence-corrected chi connectivity index (χ1v) is 5.32. The van der Waals surface area contributed by atoms with Crippen LogP contribution in [0, 0.1) is 5.41 Å². The third-order valence-electron chi connectivity index (χ3n) is 2.91. The molecule has 13 heavy (non-hydrogen) atoms. The van der Waals surface area contributed by atoms with Crippen molar-refractivity contribution in [2.45, 2.75) is 52.1 Å². The van der Waals surface area contributed by atoms with Gasteiger partial charge in [0.05, 0.1) is 12.2 Å². The van der Waals surface area contributed by atoms with Crippen LogP contribution in [0.4, 0.5) is 0 Å². The summed E-state index contributed by atoms with van der Waals surface area (Å²) >= 11 is 0. The molecule has 1 fully saturated rings. The van der Waals surface area contributed by atoms with Crippen molar-refractivity contribution < 1.29 is 4.74 Å². The lowest BCUT2D eigenvalue weighted by Gasteiger charge is -2.31. The molecule has 78 valence electrons. The fraction of sp³-hybridized carbons (Fsp3) is 1.00. The molecule has 2 nitrogen and oxygen atoms in total. The Morgan fingerprint density at radius 1 is 1.23 bits per heavy atom. The monoisotopic (exact) mass is 185 g/mol. The molecule has 0 radical (unpaired) electrons. The molecule has 0 aromatic rings. The quantitative estimate of drug-likeness (QED) is 0.732. The molecule has 0 unspecified atom stereocenters. The zero-order chi connectivity index (χ0) is 9.95. The topological polar surface area (TPSA) is 35.2 Å². The second-order valence-corrected chi connectivity index (χ2v) is 5.31. The fourth-order valence-corrected chi connectivity index (χ4v) is 1.90. The number of nitrogens with two attached hydrogens (primary N) is 1. The van der Waals surface area contributed by atoms with Gasteiger partial charge in [0.25, 0.3) is 0 Å². The molecule has 0 aromatic carbocycles. The maximum atomic E-state index is 5.83. The van der Waals surface area contributed by atoms with Gasteiger partial charge in [0.15, 0.2) is 0 Å². The fourth-order valence-electron chi connectivity index (χ4n) is 1.90. The molecule has 0 atom stereocenters. The smallest absolute Gasteiger partial charge is 0.0598 e. The minimum Gasteiger partial charge on any atom is -0.375 e. The van der Waals surface area contributed by atoms with E-state index in [2.05, 4.69) is 20.8 Å². The van der Waals surface area contributed by atoms with E-state index in [4.69, 9.17) is 10.5 Å². The molecular weight excluding hydrogens is 162 g/mol. The molecule has 1 aliphatic carbocycles.